The number of allylic oxidation sites excluding steroid dienone is 1. The van der Waals surface area contributed by atoms with Crippen molar-refractivity contribution in [2.24, 2.45) is 11.8 Å². The Morgan fingerprint density at radius 1 is 1.19 bits per heavy atom. The summed E-state index contributed by atoms with van der Waals surface area (Å²) in [6.07, 6.45) is 3.01. The second kappa shape index (κ2) is 9.76. The average molecular weight is 573 g/mol. The molecule has 3 aliphatic rings. The van der Waals surface area contributed by atoms with Crippen molar-refractivity contribution in [2.75, 3.05) is 12.0 Å². The van der Waals surface area contributed by atoms with Gasteiger partial charge in [-0.3, -0.25) is 14.4 Å². The maximum atomic E-state index is 14.6. The summed E-state index contributed by atoms with van der Waals surface area (Å²) in [7, 11) is 1.63. The van der Waals surface area contributed by atoms with Crippen molar-refractivity contribution in [1.29, 1.82) is 0 Å². The quantitative estimate of drug-likeness (QED) is 0.425. The molecular formula is C33H40N4O5. The van der Waals surface area contributed by atoms with Gasteiger partial charge in [0.1, 0.15) is 17.5 Å². The standard InChI is InChI=1S/C33H40N4O5/c1-19-17-31(3,4)37-28-23(19)15-22(41-7)16-24(28)33(30(37)39)20(2)27(32(5,6)40)26(42-33)13-14-36-18-25(34-35-36)29(38)21-11-9-8-10-12-21/h8-12,15-18,20,26-27,29,38,40H,13-14H2,1-7H3/t20-,26+,27-,29+,33+/m0/s1. The molecule has 1 saturated heterocycles. The highest BCUT2D eigenvalue weighted by Crippen LogP contribution is 2.61. The van der Waals surface area contributed by atoms with Crippen LogP contribution < -0.4 is 9.64 Å². The van der Waals surface area contributed by atoms with Crippen molar-refractivity contribution in [2.45, 2.75) is 83.5 Å². The van der Waals surface area contributed by atoms with Gasteiger partial charge in [0.15, 0.2) is 5.60 Å². The number of rotatable bonds is 7. The Kier molecular flexibility index (Phi) is 6.64. The highest BCUT2D eigenvalue weighted by Gasteiger charge is 2.67. The topological polar surface area (TPSA) is 110 Å². The molecule has 2 aromatic carbocycles. The predicted molar refractivity (Wildman–Crippen MR) is 159 cm³/mol. The summed E-state index contributed by atoms with van der Waals surface area (Å²) in [5.41, 5.74) is 1.94. The van der Waals surface area contributed by atoms with Gasteiger partial charge in [0.25, 0.3) is 5.91 Å². The molecule has 0 aliphatic carbocycles. The van der Waals surface area contributed by atoms with Gasteiger partial charge in [0, 0.05) is 29.5 Å². The zero-order valence-electron chi connectivity index (χ0n) is 25.3. The second-order valence-electron chi connectivity index (χ2n) is 13.1. The van der Waals surface area contributed by atoms with Crippen molar-refractivity contribution < 1.29 is 24.5 Å². The number of aliphatic hydroxyl groups is 2. The summed E-state index contributed by atoms with van der Waals surface area (Å²) in [6.45, 7) is 12.2. The summed E-state index contributed by atoms with van der Waals surface area (Å²) < 4.78 is 14.3. The van der Waals surface area contributed by atoms with Gasteiger partial charge in [-0.15, -0.1) is 5.10 Å². The van der Waals surface area contributed by atoms with Crippen LogP contribution in [0, 0.1) is 11.8 Å². The molecule has 42 heavy (non-hydrogen) atoms. The van der Waals surface area contributed by atoms with E-state index in [4.69, 9.17) is 9.47 Å². The first-order valence-corrected chi connectivity index (χ1v) is 14.6. The van der Waals surface area contributed by atoms with Crippen LogP contribution in [0.25, 0.3) is 5.57 Å². The van der Waals surface area contributed by atoms with Crippen LogP contribution in [0.4, 0.5) is 5.69 Å². The molecule has 3 aromatic rings. The Morgan fingerprint density at radius 3 is 2.57 bits per heavy atom. The molecule has 3 aliphatic heterocycles. The highest BCUT2D eigenvalue weighted by molar-refractivity contribution is 6.12. The monoisotopic (exact) mass is 572 g/mol. The first kappa shape index (κ1) is 28.6. The lowest BCUT2D eigenvalue weighted by atomic mass is 9.70. The largest absolute Gasteiger partial charge is 0.497 e. The SMILES string of the molecule is COc1cc2c3c(c1)[C@@]1(O[C@H](CCn4cc([C@H](O)c5ccccc5)nn4)[C@@H](C(C)(C)O)[C@@H]1C)C(=O)N3C(C)(C)C=C2C. The van der Waals surface area contributed by atoms with Gasteiger partial charge in [-0.2, -0.15) is 0 Å². The number of nitrogens with zero attached hydrogens (tertiary/aromatic N) is 4. The average Bonchev–Trinajstić information content (AvgIpc) is 3.60. The maximum Gasteiger partial charge on any atom is 0.265 e. The minimum absolute atomic E-state index is 0.112. The number of anilines is 1. The van der Waals surface area contributed by atoms with Crippen molar-refractivity contribution in [3.63, 3.8) is 0 Å². The number of amides is 1. The number of aliphatic hydroxyl groups excluding tert-OH is 1. The third-order valence-corrected chi connectivity index (χ3v) is 9.36. The zero-order valence-corrected chi connectivity index (χ0v) is 25.3. The van der Waals surface area contributed by atoms with Gasteiger partial charge < -0.3 is 19.7 Å². The van der Waals surface area contributed by atoms with Crippen LogP contribution in [0.15, 0.2) is 54.7 Å². The van der Waals surface area contributed by atoms with Crippen LogP contribution in [0.5, 0.6) is 5.75 Å². The lowest BCUT2D eigenvalue weighted by molar-refractivity contribution is -0.147. The Balaban J connectivity index is 1.35. The summed E-state index contributed by atoms with van der Waals surface area (Å²) in [6, 6.07) is 13.2. The van der Waals surface area contributed by atoms with Crippen molar-refractivity contribution in [1.82, 2.24) is 15.0 Å². The molecule has 5 atom stereocenters. The number of hydrogen-bond donors (Lipinski definition) is 2. The molecule has 1 aromatic heterocycles. The minimum atomic E-state index is -1.28. The predicted octanol–water partition coefficient (Wildman–Crippen LogP) is 4.62. The summed E-state index contributed by atoms with van der Waals surface area (Å²) in [5, 5.41) is 30.7. The van der Waals surface area contributed by atoms with Crippen LogP contribution in [0.3, 0.4) is 0 Å². The number of carbonyl (C=O) groups is 1. The third kappa shape index (κ3) is 4.20. The molecule has 9 nitrogen and oxygen atoms in total. The molecule has 9 heteroatoms. The van der Waals surface area contributed by atoms with Gasteiger partial charge in [-0.1, -0.05) is 48.5 Å². The first-order chi connectivity index (χ1) is 19.8. The molecule has 2 N–H and O–H groups in total. The van der Waals surface area contributed by atoms with E-state index in [1.807, 2.05) is 68.1 Å². The van der Waals surface area contributed by atoms with E-state index in [1.165, 1.54) is 0 Å². The highest BCUT2D eigenvalue weighted by atomic mass is 16.5. The Hall–Kier alpha value is -3.53. The molecule has 4 heterocycles. The molecule has 1 spiro atoms. The lowest BCUT2D eigenvalue weighted by Gasteiger charge is -2.39. The van der Waals surface area contributed by atoms with E-state index in [0.29, 0.717) is 24.4 Å². The van der Waals surface area contributed by atoms with Gasteiger partial charge in [0.2, 0.25) is 0 Å². The molecular weight excluding hydrogens is 532 g/mol. The molecule has 0 unspecified atom stereocenters. The molecule has 0 radical (unpaired) electrons. The number of carbonyl (C=O) groups excluding carboxylic acids is 1. The Bertz CT molecular complexity index is 1560. The van der Waals surface area contributed by atoms with Crippen LogP contribution in [0.2, 0.25) is 0 Å². The molecule has 1 fully saturated rings. The summed E-state index contributed by atoms with van der Waals surface area (Å²) in [5.74, 6) is -0.130. The molecule has 0 bridgehead atoms. The molecule has 6 rings (SSSR count). The second-order valence-corrected chi connectivity index (χ2v) is 13.1. The van der Waals surface area contributed by atoms with E-state index in [1.54, 1.807) is 31.8 Å². The summed E-state index contributed by atoms with van der Waals surface area (Å²) >= 11 is 0. The minimum Gasteiger partial charge on any atom is -0.497 e. The Labute approximate surface area is 246 Å². The number of ether oxygens (including phenoxy) is 2. The third-order valence-electron chi connectivity index (χ3n) is 9.36. The van der Waals surface area contributed by atoms with E-state index in [-0.39, 0.29) is 17.7 Å². The fraction of sp³-hybridized carbons (Fsp3) is 0.485. The van der Waals surface area contributed by atoms with Gasteiger partial charge in [0.05, 0.1) is 36.2 Å². The lowest BCUT2D eigenvalue weighted by Crippen LogP contribution is -2.53. The molecule has 0 saturated carbocycles. The number of hydrogen-bond acceptors (Lipinski definition) is 7. The van der Waals surface area contributed by atoms with Crippen LogP contribution in [-0.4, -0.2) is 55.5 Å². The van der Waals surface area contributed by atoms with Gasteiger partial charge in [-0.25, -0.2) is 0 Å². The fourth-order valence-electron chi connectivity index (χ4n) is 7.62. The number of benzene rings is 2. The van der Waals surface area contributed by atoms with Gasteiger partial charge >= 0.3 is 0 Å². The summed E-state index contributed by atoms with van der Waals surface area (Å²) in [4.78, 5) is 16.5. The van der Waals surface area contributed by atoms with Crippen molar-refractivity contribution in [3.8, 4) is 5.75 Å². The van der Waals surface area contributed by atoms with Crippen LogP contribution >= 0.6 is 0 Å². The van der Waals surface area contributed by atoms with Crippen LogP contribution in [0.1, 0.15) is 76.5 Å². The van der Waals surface area contributed by atoms with Gasteiger partial charge in [-0.05, 0) is 64.3 Å². The number of methoxy groups -OCH3 is 1. The van der Waals surface area contributed by atoms with Crippen molar-refractivity contribution in [3.05, 3.63) is 77.1 Å². The fourth-order valence-corrected chi connectivity index (χ4v) is 7.62. The van der Waals surface area contributed by atoms with Crippen LogP contribution in [-0.2, 0) is 21.7 Å². The van der Waals surface area contributed by atoms with E-state index in [9.17, 15) is 15.0 Å². The smallest absolute Gasteiger partial charge is 0.265 e. The zero-order chi connectivity index (χ0) is 30.2. The maximum absolute atomic E-state index is 14.6. The van der Waals surface area contributed by atoms with Crippen molar-refractivity contribution >= 4 is 17.2 Å². The first-order valence-electron chi connectivity index (χ1n) is 14.6. The molecule has 1 amide bonds. The van der Waals surface area contributed by atoms with E-state index >= 15 is 0 Å². The Morgan fingerprint density at radius 2 is 1.90 bits per heavy atom. The van der Waals surface area contributed by atoms with E-state index < -0.39 is 28.9 Å². The molecule has 222 valence electrons. The number of aromatic nitrogens is 3. The van der Waals surface area contributed by atoms with E-state index in [2.05, 4.69) is 23.3 Å². The number of fused-ring (bicyclic) bond motifs is 1. The van der Waals surface area contributed by atoms with E-state index in [0.717, 1.165) is 28.0 Å². The number of aryl methyl sites for hydroxylation is 1. The normalized spacial score (nSPS) is 26.9.